The third-order valence-electron chi connectivity index (χ3n) is 5.40. The summed E-state index contributed by atoms with van der Waals surface area (Å²) in [5, 5.41) is 6.08. The first kappa shape index (κ1) is 22.6. The van der Waals surface area contributed by atoms with Crippen LogP contribution in [-0.2, 0) is 16.4 Å². The van der Waals surface area contributed by atoms with Crippen LogP contribution in [0.2, 0.25) is 0 Å². The summed E-state index contributed by atoms with van der Waals surface area (Å²) in [6.45, 7) is 0.455. The van der Waals surface area contributed by atoms with Gasteiger partial charge in [0.15, 0.2) is 11.5 Å². The fraction of sp³-hybridized carbons (Fsp3) is 0.208. The predicted molar refractivity (Wildman–Crippen MR) is 125 cm³/mol. The second-order valence-corrected chi connectivity index (χ2v) is 9.19. The quantitative estimate of drug-likeness (QED) is 0.493. The standard InChI is InChI=1S/C24H25N3O5S/c1-31-20-12-7-16(15-21(20)32-2)13-14-25-24(28)18-10-8-17(9-11-18)23-26-19-5-3-4-6-22(19)33(29,30)27-23/h3-12,15,23,26-27H,13-14H2,1-2H3,(H,25,28)/t23-/m1/s1. The van der Waals surface area contributed by atoms with E-state index in [-0.39, 0.29) is 10.8 Å². The predicted octanol–water partition coefficient (Wildman–Crippen LogP) is 3.08. The normalized spacial score (nSPS) is 16.2. The van der Waals surface area contributed by atoms with Gasteiger partial charge in [0.2, 0.25) is 10.0 Å². The monoisotopic (exact) mass is 467 g/mol. The minimum absolute atomic E-state index is 0.204. The Morgan fingerprint density at radius 2 is 1.70 bits per heavy atom. The van der Waals surface area contributed by atoms with Gasteiger partial charge in [0.25, 0.3) is 5.91 Å². The molecule has 4 rings (SSSR count). The number of benzene rings is 3. The van der Waals surface area contributed by atoms with E-state index in [0.29, 0.717) is 41.3 Å². The summed E-state index contributed by atoms with van der Waals surface area (Å²) in [5.74, 6) is 1.10. The maximum atomic E-state index is 12.5. The summed E-state index contributed by atoms with van der Waals surface area (Å²) in [7, 11) is -0.455. The van der Waals surface area contributed by atoms with Crippen LogP contribution in [0.5, 0.6) is 11.5 Å². The fourth-order valence-electron chi connectivity index (χ4n) is 3.66. The number of rotatable bonds is 7. The minimum Gasteiger partial charge on any atom is -0.493 e. The van der Waals surface area contributed by atoms with Gasteiger partial charge < -0.3 is 20.1 Å². The van der Waals surface area contributed by atoms with E-state index in [0.717, 1.165) is 5.56 Å². The summed E-state index contributed by atoms with van der Waals surface area (Å²) in [6, 6.07) is 19.2. The van der Waals surface area contributed by atoms with E-state index >= 15 is 0 Å². The molecule has 1 aliphatic heterocycles. The molecule has 1 heterocycles. The molecule has 0 unspecified atom stereocenters. The minimum atomic E-state index is -3.62. The van der Waals surface area contributed by atoms with Gasteiger partial charge in [-0.3, -0.25) is 4.79 Å². The van der Waals surface area contributed by atoms with Gasteiger partial charge in [-0.1, -0.05) is 30.3 Å². The molecule has 0 aliphatic carbocycles. The molecule has 0 radical (unpaired) electrons. The van der Waals surface area contributed by atoms with Crippen LogP contribution in [0.1, 0.15) is 27.7 Å². The maximum Gasteiger partial charge on any atom is 0.251 e. The first-order valence-corrected chi connectivity index (χ1v) is 11.9. The molecule has 3 N–H and O–H groups in total. The fourth-order valence-corrected chi connectivity index (χ4v) is 4.97. The Bertz CT molecular complexity index is 1260. The van der Waals surface area contributed by atoms with Gasteiger partial charge in [0, 0.05) is 12.1 Å². The molecular formula is C24H25N3O5S. The first-order chi connectivity index (χ1) is 15.9. The van der Waals surface area contributed by atoms with Gasteiger partial charge in [0.1, 0.15) is 11.1 Å². The lowest BCUT2D eigenvalue weighted by Crippen LogP contribution is -2.38. The lowest BCUT2D eigenvalue weighted by Gasteiger charge is -2.28. The molecule has 0 aromatic heterocycles. The van der Waals surface area contributed by atoms with Crippen molar-refractivity contribution < 1.29 is 22.7 Å². The van der Waals surface area contributed by atoms with Crippen molar-refractivity contribution in [1.29, 1.82) is 0 Å². The highest BCUT2D eigenvalue weighted by Crippen LogP contribution is 2.31. The van der Waals surface area contributed by atoms with E-state index in [9.17, 15) is 13.2 Å². The number of anilines is 1. The number of para-hydroxylation sites is 1. The van der Waals surface area contributed by atoms with Gasteiger partial charge in [-0.05, 0) is 53.9 Å². The second kappa shape index (κ2) is 9.51. The van der Waals surface area contributed by atoms with Crippen molar-refractivity contribution in [2.24, 2.45) is 0 Å². The summed E-state index contributed by atoms with van der Waals surface area (Å²) < 4.78 is 38.2. The van der Waals surface area contributed by atoms with Crippen molar-refractivity contribution in [3.63, 3.8) is 0 Å². The molecule has 1 amide bonds. The van der Waals surface area contributed by atoms with Crippen LogP contribution < -0.4 is 24.8 Å². The number of hydrogen-bond donors (Lipinski definition) is 3. The largest absolute Gasteiger partial charge is 0.493 e. The SMILES string of the molecule is COc1ccc(CCNC(=O)c2ccc([C@@H]3Nc4ccccc4S(=O)(=O)N3)cc2)cc1OC. The van der Waals surface area contributed by atoms with Gasteiger partial charge in [-0.25, -0.2) is 8.42 Å². The van der Waals surface area contributed by atoms with E-state index < -0.39 is 16.2 Å². The molecule has 33 heavy (non-hydrogen) atoms. The van der Waals surface area contributed by atoms with E-state index in [1.807, 2.05) is 18.2 Å². The molecule has 0 spiro atoms. The molecule has 1 aliphatic rings. The zero-order valence-electron chi connectivity index (χ0n) is 18.3. The molecule has 0 bridgehead atoms. The van der Waals surface area contributed by atoms with Crippen LogP contribution in [0.3, 0.4) is 0 Å². The third kappa shape index (κ3) is 4.94. The van der Waals surface area contributed by atoms with Crippen LogP contribution in [0.25, 0.3) is 0 Å². The van der Waals surface area contributed by atoms with Gasteiger partial charge in [-0.15, -0.1) is 0 Å². The average molecular weight is 468 g/mol. The average Bonchev–Trinajstić information content (AvgIpc) is 2.83. The number of carbonyl (C=O) groups excluding carboxylic acids is 1. The van der Waals surface area contributed by atoms with Gasteiger partial charge in [0.05, 0.1) is 19.9 Å². The Balaban J connectivity index is 1.37. The van der Waals surface area contributed by atoms with Crippen molar-refractivity contribution in [2.45, 2.75) is 17.5 Å². The lowest BCUT2D eigenvalue weighted by molar-refractivity contribution is 0.0954. The number of carbonyl (C=O) groups is 1. The topological polar surface area (TPSA) is 106 Å². The smallest absolute Gasteiger partial charge is 0.251 e. The van der Waals surface area contributed by atoms with Crippen LogP contribution in [0.4, 0.5) is 5.69 Å². The van der Waals surface area contributed by atoms with Crippen LogP contribution >= 0.6 is 0 Å². The van der Waals surface area contributed by atoms with E-state index in [4.69, 9.17) is 9.47 Å². The number of methoxy groups -OCH3 is 2. The highest BCUT2D eigenvalue weighted by Gasteiger charge is 2.29. The lowest BCUT2D eigenvalue weighted by atomic mass is 10.1. The van der Waals surface area contributed by atoms with E-state index in [1.54, 1.807) is 62.8 Å². The Hall–Kier alpha value is -3.56. The van der Waals surface area contributed by atoms with Gasteiger partial charge >= 0.3 is 0 Å². The highest BCUT2D eigenvalue weighted by molar-refractivity contribution is 7.89. The molecule has 0 saturated carbocycles. The molecule has 0 saturated heterocycles. The zero-order chi connectivity index (χ0) is 23.4. The number of hydrogen-bond acceptors (Lipinski definition) is 6. The Labute approximate surface area is 193 Å². The number of ether oxygens (including phenoxy) is 2. The zero-order valence-corrected chi connectivity index (χ0v) is 19.1. The molecule has 0 fully saturated rings. The van der Waals surface area contributed by atoms with E-state index in [1.165, 1.54) is 0 Å². The van der Waals surface area contributed by atoms with Crippen molar-refractivity contribution >= 4 is 21.6 Å². The molecule has 3 aromatic rings. The Morgan fingerprint density at radius 3 is 2.42 bits per heavy atom. The van der Waals surface area contributed by atoms with Crippen LogP contribution in [0, 0.1) is 0 Å². The van der Waals surface area contributed by atoms with Crippen molar-refractivity contribution in [1.82, 2.24) is 10.0 Å². The van der Waals surface area contributed by atoms with Crippen molar-refractivity contribution in [3.8, 4) is 11.5 Å². The van der Waals surface area contributed by atoms with E-state index in [2.05, 4.69) is 15.4 Å². The van der Waals surface area contributed by atoms with Crippen LogP contribution in [-0.4, -0.2) is 35.1 Å². The summed E-state index contributed by atoms with van der Waals surface area (Å²) >= 11 is 0. The molecule has 1 atom stereocenters. The number of nitrogens with one attached hydrogen (secondary N) is 3. The molecular weight excluding hydrogens is 442 g/mol. The molecule has 8 nitrogen and oxygen atoms in total. The number of amides is 1. The summed E-state index contributed by atoms with van der Waals surface area (Å²) in [6.07, 6.45) is 0.0178. The molecule has 3 aromatic carbocycles. The third-order valence-corrected chi connectivity index (χ3v) is 6.88. The molecule has 9 heteroatoms. The highest BCUT2D eigenvalue weighted by atomic mass is 32.2. The van der Waals surface area contributed by atoms with Crippen LogP contribution in [0.15, 0.2) is 71.6 Å². The Kier molecular flexibility index (Phi) is 6.52. The second-order valence-electron chi connectivity index (χ2n) is 7.51. The maximum absolute atomic E-state index is 12.5. The summed E-state index contributed by atoms with van der Waals surface area (Å²) in [4.78, 5) is 12.7. The van der Waals surface area contributed by atoms with Crippen molar-refractivity contribution in [2.75, 3.05) is 26.1 Å². The van der Waals surface area contributed by atoms with Gasteiger partial charge in [-0.2, -0.15) is 4.72 Å². The number of sulfonamides is 1. The Morgan fingerprint density at radius 1 is 0.970 bits per heavy atom. The first-order valence-electron chi connectivity index (χ1n) is 10.4. The summed E-state index contributed by atoms with van der Waals surface area (Å²) in [5.41, 5.74) is 2.75. The molecule has 172 valence electrons. The van der Waals surface area contributed by atoms with Crippen molar-refractivity contribution in [3.05, 3.63) is 83.4 Å². The number of fused-ring (bicyclic) bond motifs is 1.